The Morgan fingerprint density at radius 2 is 1.84 bits per heavy atom. The zero-order valence-corrected chi connectivity index (χ0v) is 19.0. The molecule has 0 radical (unpaired) electrons. The molecule has 0 aliphatic carbocycles. The SMILES string of the molecule is COc1ccc(S(=O)(=O)N2CCC(NC(=O)C3CCCN(c4cnccn4)C3)CC2)cc1. The molecule has 1 unspecified atom stereocenters. The molecule has 1 atom stereocenters. The van der Waals surface area contributed by atoms with Crippen LogP contribution in [0.4, 0.5) is 5.82 Å². The highest BCUT2D eigenvalue weighted by molar-refractivity contribution is 7.89. The summed E-state index contributed by atoms with van der Waals surface area (Å²) in [6, 6.07) is 6.40. The van der Waals surface area contributed by atoms with Gasteiger partial charge in [0.1, 0.15) is 11.6 Å². The maximum absolute atomic E-state index is 12.9. The van der Waals surface area contributed by atoms with E-state index >= 15 is 0 Å². The van der Waals surface area contributed by atoms with Crippen LogP contribution in [-0.2, 0) is 14.8 Å². The maximum Gasteiger partial charge on any atom is 0.243 e. The van der Waals surface area contributed by atoms with Crippen LogP contribution >= 0.6 is 0 Å². The molecule has 1 N–H and O–H groups in total. The second-order valence-corrected chi connectivity index (χ2v) is 10.1. The van der Waals surface area contributed by atoms with Crippen molar-refractivity contribution in [3.05, 3.63) is 42.9 Å². The molecule has 1 aromatic heterocycles. The molecule has 1 aromatic carbocycles. The third kappa shape index (κ3) is 5.02. The number of nitrogens with zero attached hydrogens (tertiary/aromatic N) is 4. The first kappa shape index (κ1) is 22.5. The summed E-state index contributed by atoms with van der Waals surface area (Å²) in [5, 5.41) is 3.15. The number of piperidine rings is 2. The van der Waals surface area contributed by atoms with Gasteiger partial charge in [0.15, 0.2) is 0 Å². The Hall–Kier alpha value is -2.72. The van der Waals surface area contributed by atoms with Gasteiger partial charge < -0.3 is 15.0 Å². The number of sulfonamides is 1. The zero-order chi connectivity index (χ0) is 22.6. The Morgan fingerprint density at radius 1 is 1.09 bits per heavy atom. The summed E-state index contributed by atoms with van der Waals surface area (Å²) in [4.78, 5) is 23.7. The predicted molar refractivity (Wildman–Crippen MR) is 120 cm³/mol. The molecular weight excluding hydrogens is 430 g/mol. The van der Waals surface area contributed by atoms with Gasteiger partial charge in [-0.05, 0) is 49.9 Å². The molecule has 4 rings (SSSR count). The minimum atomic E-state index is -3.55. The average Bonchev–Trinajstić information content (AvgIpc) is 2.85. The number of hydrogen-bond donors (Lipinski definition) is 1. The third-order valence-corrected chi connectivity index (χ3v) is 8.08. The Labute approximate surface area is 188 Å². The molecule has 0 spiro atoms. The second-order valence-electron chi connectivity index (χ2n) is 8.21. The Morgan fingerprint density at radius 3 is 2.50 bits per heavy atom. The average molecular weight is 460 g/mol. The summed E-state index contributed by atoms with van der Waals surface area (Å²) >= 11 is 0. The highest BCUT2D eigenvalue weighted by atomic mass is 32.2. The van der Waals surface area contributed by atoms with Crippen molar-refractivity contribution in [1.29, 1.82) is 0 Å². The number of carbonyl (C=O) groups is 1. The summed E-state index contributed by atoms with van der Waals surface area (Å²) in [6.45, 7) is 2.25. The molecular formula is C22H29N5O4S. The van der Waals surface area contributed by atoms with Gasteiger partial charge in [0.25, 0.3) is 0 Å². The number of benzene rings is 1. The fourth-order valence-electron chi connectivity index (χ4n) is 4.31. The molecule has 2 saturated heterocycles. The van der Waals surface area contributed by atoms with Crippen molar-refractivity contribution in [2.24, 2.45) is 5.92 Å². The summed E-state index contributed by atoms with van der Waals surface area (Å²) in [5.41, 5.74) is 0. The first-order valence-corrected chi connectivity index (χ1v) is 12.4. The number of anilines is 1. The number of nitrogens with one attached hydrogen (secondary N) is 1. The minimum Gasteiger partial charge on any atom is -0.497 e. The lowest BCUT2D eigenvalue weighted by molar-refractivity contribution is -0.126. The lowest BCUT2D eigenvalue weighted by Gasteiger charge is -2.35. The molecule has 1 amide bonds. The molecule has 2 aliphatic heterocycles. The summed E-state index contributed by atoms with van der Waals surface area (Å²) in [7, 11) is -2.01. The molecule has 32 heavy (non-hydrogen) atoms. The first-order chi connectivity index (χ1) is 15.5. The Balaban J connectivity index is 1.30. The van der Waals surface area contributed by atoms with Crippen molar-refractivity contribution < 1.29 is 17.9 Å². The lowest BCUT2D eigenvalue weighted by atomic mass is 9.96. The van der Waals surface area contributed by atoms with E-state index in [4.69, 9.17) is 4.74 Å². The standard InChI is InChI=1S/C22H29N5O4S/c1-31-19-4-6-20(7-5-19)32(29,30)27-13-8-18(9-14-27)25-22(28)17-3-2-12-26(16-17)21-15-23-10-11-24-21/h4-7,10-11,15,17-18H,2-3,8-9,12-14,16H2,1H3,(H,25,28). The summed E-state index contributed by atoms with van der Waals surface area (Å²) in [5.74, 6) is 1.34. The molecule has 0 saturated carbocycles. The number of rotatable bonds is 6. The van der Waals surface area contributed by atoms with E-state index in [1.165, 1.54) is 4.31 Å². The number of carbonyl (C=O) groups excluding carboxylic acids is 1. The van der Waals surface area contributed by atoms with Gasteiger partial charge >= 0.3 is 0 Å². The van der Waals surface area contributed by atoms with Gasteiger partial charge in [0, 0.05) is 44.6 Å². The van der Waals surface area contributed by atoms with E-state index in [2.05, 4.69) is 20.2 Å². The van der Waals surface area contributed by atoms with Crippen LogP contribution in [0.15, 0.2) is 47.8 Å². The first-order valence-electron chi connectivity index (χ1n) is 10.9. The van der Waals surface area contributed by atoms with Crippen LogP contribution in [0.25, 0.3) is 0 Å². The molecule has 0 bridgehead atoms. The predicted octanol–water partition coefficient (Wildman–Crippen LogP) is 1.67. The topological polar surface area (TPSA) is 105 Å². The minimum absolute atomic E-state index is 0.0169. The normalized spacial score (nSPS) is 20.7. The van der Waals surface area contributed by atoms with E-state index in [9.17, 15) is 13.2 Å². The van der Waals surface area contributed by atoms with Gasteiger partial charge in [0.2, 0.25) is 15.9 Å². The van der Waals surface area contributed by atoms with Crippen LogP contribution in [0.3, 0.4) is 0 Å². The van der Waals surface area contributed by atoms with Crippen molar-refractivity contribution >= 4 is 21.7 Å². The van der Waals surface area contributed by atoms with Crippen LogP contribution in [0.2, 0.25) is 0 Å². The van der Waals surface area contributed by atoms with Gasteiger partial charge in [-0.1, -0.05) is 0 Å². The lowest BCUT2D eigenvalue weighted by Crippen LogP contribution is -2.50. The molecule has 2 aromatic rings. The monoisotopic (exact) mass is 459 g/mol. The molecule has 9 nitrogen and oxygen atoms in total. The molecule has 10 heteroatoms. The summed E-state index contributed by atoms with van der Waals surface area (Å²) in [6.07, 6.45) is 7.98. The van der Waals surface area contributed by atoms with E-state index in [0.717, 1.165) is 25.2 Å². The van der Waals surface area contributed by atoms with Crippen molar-refractivity contribution in [2.45, 2.75) is 36.6 Å². The maximum atomic E-state index is 12.9. The quantitative estimate of drug-likeness (QED) is 0.701. The highest BCUT2D eigenvalue weighted by Gasteiger charge is 2.32. The number of amides is 1. The van der Waals surface area contributed by atoms with Crippen LogP contribution in [0, 0.1) is 5.92 Å². The molecule has 172 valence electrons. The van der Waals surface area contributed by atoms with Crippen LogP contribution in [0.1, 0.15) is 25.7 Å². The van der Waals surface area contributed by atoms with Gasteiger partial charge in [-0.15, -0.1) is 0 Å². The van der Waals surface area contributed by atoms with Crippen LogP contribution in [0.5, 0.6) is 5.75 Å². The Kier molecular flexibility index (Phi) is 6.90. The van der Waals surface area contributed by atoms with E-state index in [-0.39, 0.29) is 22.8 Å². The largest absolute Gasteiger partial charge is 0.497 e. The fraction of sp³-hybridized carbons (Fsp3) is 0.500. The van der Waals surface area contributed by atoms with Crippen molar-refractivity contribution in [3.8, 4) is 5.75 Å². The number of aromatic nitrogens is 2. The van der Waals surface area contributed by atoms with Crippen LogP contribution in [-0.4, -0.2) is 67.9 Å². The van der Waals surface area contributed by atoms with Crippen LogP contribution < -0.4 is 15.0 Å². The fourth-order valence-corrected chi connectivity index (χ4v) is 5.78. The number of ether oxygens (including phenoxy) is 1. The Bertz CT molecular complexity index is 1010. The zero-order valence-electron chi connectivity index (χ0n) is 18.2. The van der Waals surface area contributed by atoms with Gasteiger partial charge in [-0.25, -0.2) is 13.4 Å². The highest BCUT2D eigenvalue weighted by Crippen LogP contribution is 2.24. The number of hydrogen-bond acceptors (Lipinski definition) is 7. The van der Waals surface area contributed by atoms with Crippen molar-refractivity contribution in [1.82, 2.24) is 19.6 Å². The third-order valence-electron chi connectivity index (χ3n) is 6.16. The summed E-state index contributed by atoms with van der Waals surface area (Å²) < 4.78 is 32.4. The second kappa shape index (κ2) is 9.83. The van der Waals surface area contributed by atoms with Gasteiger partial charge in [0.05, 0.1) is 24.1 Å². The smallest absolute Gasteiger partial charge is 0.243 e. The molecule has 3 heterocycles. The van der Waals surface area contributed by atoms with Gasteiger partial charge in [-0.2, -0.15) is 4.31 Å². The molecule has 2 aliphatic rings. The number of methoxy groups -OCH3 is 1. The van der Waals surface area contributed by atoms with Gasteiger partial charge in [-0.3, -0.25) is 9.78 Å². The van der Waals surface area contributed by atoms with E-state index in [1.54, 1.807) is 50.0 Å². The molecule has 2 fully saturated rings. The van der Waals surface area contributed by atoms with E-state index in [0.29, 0.717) is 38.2 Å². The van der Waals surface area contributed by atoms with E-state index in [1.807, 2.05) is 0 Å². The van der Waals surface area contributed by atoms with Crippen molar-refractivity contribution in [2.75, 3.05) is 38.2 Å². The van der Waals surface area contributed by atoms with Crippen molar-refractivity contribution in [3.63, 3.8) is 0 Å². The van der Waals surface area contributed by atoms with E-state index < -0.39 is 10.0 Å².